The lowest BCUT2D eigenvalue weighted by molar-refractivity contribution is -0.264. The minimum Gasteiger partial charge on any atom is -0.451 e. The van der Waals surface area contributed by atoms with Crippen LogP contribution in [0.1, 0.15) is 12.7 Å². The summed E-state index contributed by atoms with van der Waals surface area (Å²) < 4.78 is 41.4. The standard InChI is InChI=1S/C7H6BrF3O2/c1-6(12,7(9,10)11)4-2-3-5(8)13-4/h2-3,12H,1H3. The molecule has 0 spiro atoms. The van der Waals surface area contributed by atoms with E-state index in [1.165, 1.54) is 6.07 Å². The van der Waals surface area contributed by atoms with Crippen LogP contribution in [0.25, 0.3) is 0 Å². The van der Waals surface area contributed by atoms with Crippen LogP contribution in [0.15, 0.2) is 21.2 Å². The molecule has 2 nitrogen and oxygen atoms in total. The molecule has 0 bridgehead atoms. The van der Waals surface area contributed by atoms with Gasteiger partial charge in [-0.05, 0) is 35.0 Å². The average molecular weight is 259 g/mol. The molecule has 1 aromatic rings. The first-order chi connectivity index (χ1) is 5.75. The molecule has 1 N–H and O–H groups in total. The summed E-state index contributed by atoms with van der Waals surface area (Å²) in [6.45, 7) is 0.637. The van der Waals surface area contributed by atoms with E-state index < -0.39 is 17.5 Å². The number of aliphatic hydroxyl groups is 1. The maximum absolute atomic E-state index is 12.2. The topological polar surface area (TPSA) is 33.4 Å². The Kier molecular flexibility index (Phi) is 2.46. The van der Waals surface area contributed by atoms with Crippen molar-refractivity contribution in [3.8, 4) is 0 Å². The molecule has 0 fully saturated rings. The Hall–Kier alpha value is -0.490. The summed E-state index contributed by atoms with van der Waals surface area (Å²) in [5, 5.41) is 9.10. The summed E-state index contributed by atoms with van der Waals surface area (Å²) in [6.07, 6.45) is -4.75. The van der Waals surface area contributed by atoms with E-state index in [2.05, 4.69) is 20.3 Å². The second-order valence-electron chi connectivity index (χ2n) is 2.67. The van der Waals surface area contributed by atoms with Crippen molar-refractivity contribution in [3.63, 3.8) is 0 Å². The third kappa shape index (κ3) is 1.88. The third-order valence-corrected chi connectivity index (χ3v) is 2.03. The van der Waals surface area contributed by atoms with Crippen molar-refractivity contribution >= 4 is 15.9 Å². The van der Waals surface area contributed by atoms with Gasteiger partial charge in [0.25, 0.3) is 0 Å². The van der Waals surface area contributed by atoms with Crippen molar-refractivity contribution in [1.29, 1.82) is 0 Å². The lowest BCUT2D eigenvalue weighted by atomic mass is 10.0. The zero-order valence-electron chi connectivity index (χ0n) is 6.52. The minimum atomic E-state index is -4.75. The lowest BCUT2D eigenvalue weighted by Gasteiger charge is -2.23. The molecular formula is C7H6BrF3O2. The summed E-state index contributed by atoms with van der Waals surface area (Å²) in [7, 11) is 0. The first-order valence-corrected chi connectivity index (χ1v) is 4.09. The van der Waals surface area contributed by atoms with Crippen LogP contribution in [0.3, 0.4) is 0 Å². The summed E-state index contributed by atoms with van der Waals surface area (Å²) in [5.74, 6) is -0.535. The first-order valence-electron chi connectivity index (χ1n) is 3.30. The summed E-state index contributed by atoms with van der Waals surface area (Å²) >= 11 is 2.85. The molecule has 1 heterocycles. The zero-order chi connectivity index (χ0) is 10.3. The fourth-order valence-electron chi connectivity index (χ4n) is 0.716. The maximum Gasteiger partial charge on any atom is 0.424 e. The molecule has 1 atom stereocenters. The van der Waals surface area contributed by atoms with Crippen LogP contribution in [0.2, 0.25) is 0 Å². The normalized spacial score (nSPS) is 17.1. The molecule has 0 saturated carbocycles. The molecule has 1 aromatic heterocycles. The van der Waals surface area contributed by atoms with Gasteiger partial charge in [-0.15, -0.1) is 0 Å². The fourth-order valence-corrected chi connectivity index (χ4v) is 1.02. The van der Waals surface area contributed by atoms with Crippen molar-refractivity contribution in [1.82, 2.24) is 0 Å². The van der Waals surface area contributed by atoms with E-state index in [0.29, 0.717) is 6.92 Å². The number of hydrogen-bond donors (Lipinski definition) is 1. The van der Waals surface area contributed by atoms with Crippen molar-refractivity contribution in [2.75, 3.05) is 0 Å². The van der Waals surface area contributed by atoms with Crippen LogP contribution >= 0.6 is 15.9 Å². The summed E-state index contributed by atoms with van der Waals surface area (Å²) in [6, 6.07) is 2.35. The van der Waals surface area contributed by atoms with Gasteiger partial charge in [0.05, 0.1) is 0 Å². The van der Waals surface area contributed by atoms with Gasteiger partial charge in [-0.1, -0.05) is 0 Å². The summed E-state index contributed by atoms with van der Waals surface area (Å²) in [5.41, 5.74) is -2.95. The van der Waals surface area contributed by atoms with Gasteiger partial charge >= 0.3 is 6.18 Å². The molecule has 6 heteroatoms. The Morgan fingerprint density at radius 2 is 1.92 bits per heavy atom. The van der Waals surface area contributed by atoms with Crippen LogP contribution in [0, 0.1) is 0 Å². The Bertz CT molecular complexity index is 303. The van der Waals surface area contributed by atoms with Gasteiger partial charge in [-0.25, -0.2) is 0 Å². The van der Waals surface area contributed by atoms with Crippen LogP contribution in [0.5, 0.6) is 0 Å². The molecule has 1 unspecified atom stereocenters. The summed E-state index contributed by atoms with van der Waals surface area (Å²) in [4.78, 5) is 0. The van der Waals surface area contributed by atoms with Gasteiger partial charge < -0.3 is 9.52 Å². The second kappa shape index (κ2) is 3.02. The molecule has 0 radical (unpaired) electrons. The monoisotopic (exact) mass is 258 g/mol. The quantitative estimate of drug-likeness (QED) is 0.841. The Labute approximate surface area is 80.5 Å². The maximum atomic E-state index is 12.2. The first kappa shape index (κ1) is 10.6. The smallest absolute Gasteiger partial charge is 0.424 e. The minimum absolute atomic E-state index is 0.145. The number of hydrogen-bond acceptors (Lipinski definition) is 2. The largest absolute Gasteiger partial charge is 0.451 e. The number of alkyl halides is 3. The highest BCUT2D eigenvalue weighted by molar-refractivity contribution is 9.10. The Morgan fingerprint density at radius 3 is 2.23 bits per heavy atom. The van der Waals surface area contributed by atoms with E-state index in [4.69, 9.17) is 5.11 Å². The average Bonchev–Trinajstić information content (AvgIpc) is 2.33. The molecule has 0 aliphatic heterocycles. The van der Waals surface area contributed by atoms with Crippen molar-refractivity contribution in [2.24, 2.45) is 0 Å². The Morgan fingerprint density at radius 1 is 1.38 bits per heavy atom. The van der Waals surface area contributed by atoms with Gasteiger partial charge in [0.15, 0.2) is 4.67 Å². The molecule has 0 aliphatic rings. The molecule has 1 rings (SSSR count). The van der Waals surface area contributed by atoms with Gasteiger partial charge in [0, 0.05) is 0 Å². The molecule has 13 heavy (non-hydrogen) atoms. The van der Waals surface area contributed by atoms with E-state index in [-0.39, 0.29) is 4.67 Å². The molecule has 0 aliphatic carbocycles. The van der Waals surface area contributed by atoms with Crippen LogP contribution in [-0.2, 0) is 5.60 Å². The number of furan rings is 1. The van der Waals surface area contributed by atoms with Crippen molar-refractivity contribution in [3.05, 3.63) is 22.6 Å². The van der Waals surface area contributed by atoms with Gasteiger partial charge in [0.2, 0.25) is 5.60 Å². The van der Waals surface area contributed by atoms with Crippen molar-refractivity contribution in [2.45, 2.75) is 18.7 Å². The van der Waals surface area contributed by atoms with E-state index in [1.807, 2.05) is 0 Å². The Balaban J connectivity index is 3.07. The highest BCUT2D eigenvalue weighted by Gasteiger charge is 2.53. The molecule has 0 saturated heterocycles. The predicted molar refractivity (Wildman–Crippen MR) is 42.0 cm³/mol. The molecule has 0 aromatic carbocycles. The van der Waals surface area contributed by atoms with Gasteiger partial charge in [-0.2, -0.15) is 13.2 Å². The molecule has 74 valence electrons. The lowest BCUT2D eigenvalue weighted by Crippen LogP contribution is -2.38. The SMILES string of the molecule is CC(O)(c1ccc(Br)o1)C(F)(F)F. The number of rotatable bonds is 1. The van der Waals surface area contributed by atoms with Crippen LogP contribution in [0.4, 0.5) is 13.2 Å². The fraction of sp³-hybridized carbons (Fsp3) is 0.429. The molecular weight excluding hydrogens is 253 g/mol. The van der Waals surface area contributed by atoms with E-state index in [9.17, 15) is 13.2 Å². The zero-order valence-corrected chi connectivity index (χ0v) is 8.11. The van der Waals surface area contributed by atoms with Crippen LogP contribution < -0.4 is 0 Å². The van der Waals surface area contributed by atoms with E-state index in [0.717, 1.165) is 6.07 Å². The highest BCUT2D eigenvalue weighted by Crippen LogP contribution is 2.39. The number of halogens is 4. The highest BCUT2D eigenvalue weighted by atomic mass is 79.9. The van der Waals surface area contributed by atoms with Crippen molar-refractivity contribution < 1.29 is 22.7 Å². The second-order valence-corrected chi connectivity index (χ2v) is 3.46. The molecule has 0 amide bonds. The predicted octanol–water partition coefficient (Wildman–Crippen LogP) is 2.81. The van der Waals surface area contributed by atoms with E-state index in [1.54, 1.807) is 0 Å². The van der Waals surface area contributed by atoms with E-state index >= 15 is 0 Å². The third-order valence-electron chi connectivity index (χ3n) is 1.60. The van der Waals surface area contributed by atoms with Crippen LogP contribution in [-0.4, -0.2) is 11.3 Å². The van der Waals surface area contributed by atoms with Gasteiger partial charge in [0.1, 0.15) is 5.76 Å². The van der Waals surface area contributed by atoms with Gasteiger partial charge in [-0.3, -0.25) is 0 Å².